The van der Waals surface area contributed by atoms with Crippen molar-refractivity contribution in [3.05, 3.63) is 24.5 Å². The summed E-state index contributed by atoms with van der Waals surface area (Å²) < 4.78 is 6.42. The fourth-order valence-electron chi connectivity index (χ4n) is 6.46. The lowest BCUT2D eigenvalue weighted by Crippen LogP contribution is -2.20. The molecule has 0 unspecified atom stereocenters. The van der Waals surface area contributed by atoms with Crippen LogP contribution in [0.15, 0.2) is 24.5 Å². The van der Waals surface area contributed by atoms with Crippen molar-refractivity contribution in [1.29, 1.82) is 0 Å². The molecule has 0 radical (unpaired) electrons. The highest BCUT2D eigenvalue weighted by atomic mass is 16.5. The average molecular weight is 574 g/mol. The van der Waals surface area contributed by atoms with Crippen molar-refractivity contribution in [2.45, 2.75) is 206 Å². The standard InChI is InChI=1S/C39H75NO/c1-37(2)31-25-19-13-11-17-23-29-35-40(4)36-30-24-18-12-14-20-26-32-38(3)41-39-33-27-21-15-9-7-5-6-8-10-16-22-28-34-39/h39H,1,3,5-36H2,2,4H3. The Morgan fingerprint density at radius 1 is 0.512 bits per heavy atom. The molecule has 2 nitrogen and oxygen atoms in total. The summed E-state index contributed by atoms with van der Waals surface area (Å²) in [5.74, 6) is 1.06. The van der Waals surface area contributed by atoms with Gasteiger partial charge in [-0.2, -0.15) is 0 Å². The molecule has 0 spiro atoms. The Morgan fingerprint density at radius 2 is 0.854 bits per heavy atom. The molecule has 0 N–H and O–H groups in total. The van der Waals surface area contributed by atoms with E-state index in [9.17, 15) is 0 Å². The molecule has 41 heavy (non-hydrogen) atoms. The zero-order chi connectivity index (χ0) is 29.6. The van der Waals surface area contributed by atoms with Gasteiger partial charge in [0.25, 0.3) is 0 Å². The van der Waals surface area contributed by atoms with Gasteiger partial charge in [0.15, 0.2) is 0 Å². The zero-order valence-electron chi connectivity index (χ0n) is 28.5. The number of unbranched alkanes of at least 4 members (excludes halogenated alkanes) is 12. The quantitative estimate of drug-likeness (QED) is 0.0725. The smallest absolute Gasteiger partial charge is 0.0982 e. The molecule has 1 aliphatic carbocycles. The van der Waals surface area contributed by atoms with Crippen molar-refractivity contribution < 1.29 is 4.74 Å². The first-order valence-electron chi connectivity index (χ1n) is 18.8. The van der Waals surface area contributed by atoms with Crippen molar-refractivity contribution >= 4 is 0 Å². The normalized spacial score (nSPS) is 16.8. The zero-order valence-corrected chi connectivity index (χ0v) is 28.5. The van der Waals surface area contributed by atoms with Crippen molar-refractivity contribution in [2.75, 3.05) is 20.1 Å². The summed E-state index contributed by atoms with van der Waals surface area (Å²) in [4.78, 5) is 2.56. The van der Waals surface area contributed by atoms with Gasteiger partial charge in [0.05, 0.1) is 11.9 Å². The first-order chi connectivity index (χ1) is 20.1. The van der Waals surface area contributed by atoms with E-state index in [0.717, 1.165) is 12.2 Å². The summed E-state index contributed by atoms with van der Waals surface area (Å²) in [6.45, 7) is 13.0. The molecule has 0 atom stereocenters. The second-order valence-electron chi connectivity index (χ2n) is 13.8. The second kappa shape index (κ2) is 29.3. The molecule has 0 aromatic heterocycles. The van der Waals surface area contributed by atoms with E-state index in [0.29, 0.717) is 6.10 Å². The number of hydrogen-bond acceptors (Lipinski definition) is 2. The third kappa shape index (κ3) is 27.8. The molecule has 0 saturated heterocycles. The van der Waals surface area contributed by atoms with Crippen LogP contribution in [-0.4, -0.2) is 31.1 Å². The van der Waals surface area contributed by atoms with E-state index in [2.05, 4.69) is 32.0 Å². The van der Waals surface area contributed by atoms with E-state index < -0.39 is 0 Å². The van der Waals surface area contributed by atoms with Crippen LogP contribution in [0.2, 0.25) is 0 Å². The van der Waals surface area contributed by atoms with Gasteiger partial charge in [0.1, 0.15) is 0 Å². The summed E-state index contributed by atoms with van der Waals surface area (Å²) in [5, 5.41) is 0. The summed E-state index contributed by atoms with van der Waals surface area (Å²) >= 11 is 0. The Morgan fingerprint density at radius 3 is 1.27 bits per heavy atom. The number of rotatable bonds is 22. The van der Waals surface area contributed by atoms with Gasteiger partial charge in [0, 0.05) is 6.42 Å². The predicted molar refractivity (Wildman–Crippen MR) is 185 cm³/mol. The Hall–Kier alpha value is -0.760. The maximum atomic E-state index is 6.42. The van der Waals surface area contributed by atoms with Gasteiger partial charge in [-0.3, -0.25) is 0 Å². The Bertz CT molecular complexity index is 568. The van der Waals surface area contributed by atoms with Gasteiger partial charge in [0.2, 0.25) is 0 Å². The topological polar surface area (TPSA) is 12.5 Å². The average Bonchev–Trinajstić information content (AvgIpc) is 2.95. The van der Waals surface area contributed by atoms with Gasteiger partial charge in [-0.25, -0.2) is 0 Å². The minimum absolute atomic E-state index is 0.424. The SMILES string of the molecule is C=C(C)CCCCCCCCCN(C)CCCCCCCCCC(=C)OC1CCCCCCCCCCCCCC1. The third-order valence-electron chi connectivity index (χ3n) is 9.27. The van der Waals surface area contributed by atoms with Crippen molar-refractivity contribution in [3.63, 3.8) is 0 Å². The molecular weight excluding hydrogens is 498 g/mol. The maximum Gasteiger partial charge on any atom is 0.0982 e. The molecule has 242 valence electrons. The monoisotopic (exact) mass is 574 g/mol. The lowest BCUT2D eigenvalue weighted by atomic mass is 10.0. The van der Waals surface area contributed by atoms with Crippen molar-refractivity contribution in [1.82, 2.24) is 4.90 Å². The van der Waals surface area contributed by atoms with Gasteiger partial charge in [-0.1, -0.05) is 141 Å². The highest BCUT2D eigenvalue weighted by Gasteiger charge is 2.11. The first-order valence-corrected chi connectivity index (χ1v) is 18.8. The van der Waals surface area contributed by atoms with E-state index in [4.69, 9.17) is 4.74 Å². The van der Waals surface area contributed by atoms with Crippen LogP contribution in [0.1, 0.15) is 200 Å². The Kier molecular flexibility index (Phi) is 27.4. The van der Waals surface area contributed by atoms with Crippen LogP contribution in [0.5, 0.6) is 0 Å². The van der Waals surface area contributed by atoms with Crippen LogP contribution in [0.3, 0.4) is 0 Å². The summed E-state index contributed by atoms with van der Waals surface area (Å²) in [6, 6.07) is 0. The first kappa shape index (κ1) is 38.3. The number of allylic oxidation sites excluding steroid dienone is 2. The fraction of sp³-hybridized carbons (Fsp3) is 0.897. The highest BCUT2D eigenvalue weighted by molar-refractivity contribution is 4.87. The molecule has 1 aliphatic rings. The van der Waals surface area contributed by atoms with Gasteiger partial charge in [-0.05, 0) is 84.8 Å². The van der Waals surface area contributed by atoms with E-state index in [1.165, 1.54) is 205 Å². The van der Waals surface area contributed by atoms with E-state index >= 15 is 0 Å². The van der Waals surface area contributed by atoms with Gasteiger partial charge in [-0.15, -0.1) is 6.58 Å². The Labute approximate surface area is 259 Å². The van der Waals surface area contributed by atoms with E-state index in [1.807, 2.05) is 0 Å². The van der Waals surface area contributed by atoms with E-state index in [-0.39, 0.29) is 0 Å². The third-order valence-corrected chi connectivity index (χ3v) is 9.27. The highest BCUT2D eigenvalue weighted by Crippen LogP contribution is 2.22. The molecule has 0 bridgehead atoms. The van der Waals surface area contributed by atoms with Crippen LogP contribution in [0.25, 0.3) is 0 Å². The van der Waals surface area contributed by atoms with Crippen LogP contribution in [-0.2, 0) is 4.74 Å². The fourth-order valence-corrected chi connectivity index (χ4v) is 6.46. The molecule has 0 heterocycles. The molecule has 1 fully saturated rings. The minimum atomic E-state index is 0.424. The number of ether oxygens (including phenoxy) is 1. The van der Waals surface area contributed by atoms with Crippen molar-refractivity contribution in [3.8, 4) is 0 Å². The molecule has 1 rings (SSSR count). The number of hydrogen-bond donors (Lipinski definition) is 0. The molecule has 0 aromatic carbocycles. The molecule has 2 heteroatoms. The summed E-state index contributed by atoms with van der Waals surface area (Å²) in [6.07, 6.45) is 41.4. The van der Waals surface area contributed by atoms with Crippen LogP contribution in [0, 0.1) is 0 Å². The van der Waals surface area contributed by atoms with Gasteiger partial charge >= 0.3 is 0 Å². The molecule has 0 aliphatic heterocycles. The molecule has 0 amide bonds. The Balaban J connectivity index is 1.95. The molecule has 0 aromatic rings. The van der Waals surface area contributed by atoms with Crippen LogP contribution >= 0.6 is 0 Å². The maximum absolute atomic E-state index is 6.42. The molecule has 1 saturated carbocycles. The largest absolute Gasteiger partial charge is 0.495 e. The molecular formula is C39H75NO. The lowest BCUT2D eigenvalue weighted by Gasteiger charge is -2.21. The summed E-state index contributed by atoms with van der Waals surface area (Å²) in [5.41, 5.74) is 1.34. The van der Waals surface area contributed by atoms with Crippen LogP contribution in [0.4, 0.5) is 0 Å². The van der Waals surface area contributed by atoms with Crippen LogP contribution < -0.4 is 0 Å². The second-order valence-corrected chi connectivity index (χ2v) is 13.8. The predicted octanol–water partition coefficient (Wildman–Crippen LogP) is 13.1. The summed E-state index contributed by atoms with van der Waals surface area (Å²) in [7, 11) is 2.32. The number of nitrogens with zero attached hydrogens (tertiary/aromatic N) is 1. The van der Waals surface area contributed by atoms with E-state index in [1.54, 1.807) is 0 Å². The lowest BCUT2D eigenvalue weighted by molar-refractivity contribution is 0.0895. The van der Waals surface area contributed by atoms with Crippen molar-refractivity contribution in [2.24, 2.45) is 0 Å². The minimum Gasteiger partial charge on any atom is -0.495 e. The van der Waals surface area contributed by atoms with Gasteiger partial charge < -0.3 is 9.64 Å².